The highest BCUT2D eigenvalue weighted by Crippen LogP contribution is 2.43. The van der Waals surface area contributed by atoms with Crippen LogP contribution < -0.4 is 0 Å². The summed E-state index contributed by atoms with van der Waals surface area (Å²) < 4.78 is 9.28. The van der Waals surface area contributed by atoms with E-state index in [1.807, 2.05) is 36.4 Å². The van der Waals surface area contributed by atoms with Crippen molar-refractivity contribution in [3.63, 3.8) is 0 Å². The van der Waals surface area contributed by atoms with Crippen molar-refractivity contribution in [1.29, 1.82) is 0 Å². The van der Waals surface area contributed by atoms with Gasteiger partial charge in [0.15, 0.2) is 17.5 Å². The first-order chi connectivity index (χ1) is 29.7. The van der Waals surface area contributed by atoms with E-state index in [4.69, 9.17) is 19.4 Å². The number of nitrogens with zero attached hydrogens (tertiary/aromatic N) is 4. The molecule has 0 radical (unpaired) electrons. The zero-order valence-corrected chi connectivity index (χ0v) is 32.0. The van der Waals surface area contributed by atoms with Crippen molar-refractivity contribution in [1.82, 2.24) is 19.5 Å². The molecule has 13 aromatic rings. The van der Waals surface area contributed by atoms with E-state index in [1.165, 1.54) is 37.7 Å². The van der Waals surface area contributed by atoms with E-state index in [1.54, 1.807) is 0 Å². The molecule has 0 amide bonds. The van der Waals surface area contributed by atoms with Crippen molar-refractivity contribution in [2.45, 2.75) is 0 Å². The quantitative estimate of drug-likeness (QED) is 0.168. The number of aromatic nitrogens is 4. The summed E-state index contributed by atoms with van der Waals surface area (Å²) in [6.45, 7) is 0. The maximum absolute atomic E-state index is 6.90. The van der Waals surface area contributed by atoms with Crippen LogP contribution in [0.5, 0.6) is 0 Å². The summed E-state index contributed by atoms with van der Waals surface area (Å²) in [7, 11) is 0. The van der Waals surface area contributed by atoms with Crippen LogP contribution >= 0.6 is 0 Å². The molecule has 0 fully saturated rings. The number of rotatable bonds is 4. The first-order valence-electron chi connectivity index (χ1n) is 20.1. The average molecular weight is 763 g/mol. The Morgan fingerprint density at radius 3 is 1.97 bits per heavy atom. The van der Waals surface area contributed by atoms with Gasteiger partial charge in [-0.1, -0.05) is 121 Å². The molecule has 0 spiro atoms. The molecule has 10 aromatic carbocycles. The molecule has 0 bridgehead atoms. The molecular weight excluding hydrogens is 733 g/mol. The molecule has 3 heterocycles. The third-order valence-electron chi connectivity index (χ3n) is 12.0. The van der Waals surface area contributed by atoms with Crippen molar-refractivity contribution in [2.75, 3.05) is 0 Å². The van der Waals surface area contributed by atoms with Crippen LogP contribution in [0.25, 0.3) is 127 Å². The Morgan fingerprint density at radius 2 is 1.10 bits per heavy atom. The minimum Gasteiger partial charge on any atom is -0.455 e. The number of hydrogen-bond donors (Lipinski definition) is 0. The normalized spacial score (nSPS) is 11.9. The second-order valence-electron chi connectivity index (χ2n) is 15.4. The van der Waals surface area contributed by atoms with E-state index in [0.717, 1.165) is 71.5 Å². The van der Waals surface area contributed by atoms with Gasteiger partial charge in [-0.3, -0.25) is 0 Å². The van der Waals surface area contributed by atoms with Crippen molar-refractivity contribution in [3.05, 3.63) is 194 Å². The largest absolute Gasteiger partial charge is 0.455 e. The van der Waals surface area contributed by atoms with Crippen LogP contribution in [0, 0.1) is 12.1 Å². The summed E-state index contributed by atoms with van der Waals surface area (Å²) in [5.74, 6) is 1.69. The van der Waals surface area contributed by atoms with Crippen molar-refractivity contribution in [2.24, 2.45) is 0 Å². The fourth-order valence-corrected chi connectivity index (χ4v) is 9.20. The Labute approximate surface area is 343 Å². The number of benzene rings is 9. The van der Waals surface area contributed by atoms with E-state index in [0.29, 0.717) is 17.5 Å². The molecule has 276 valence electrons. The van der Waals surface area contributed by atoms with Crippen molar-refractivity contribution >= 4 is 86.8 Å². The molecule has 0 saturated carbocycles. The molecule has 5 nitrogen and oxygen atoms in total. The van der Waals surface area contributed by atoms with Gasteiger partial charge in [-0.05, 0) is 110 Å². The van der Waals surface area contributed by atoms with Gasteiger partial charge in [-0.15, -0.1) is 0 Å². The predicted octanol–water partition coefficient (Wildman–Crippen LogP) is 14.1. The molecule has 0 N–H and O–H groups in total. The second-order valence-corrected chi connectivity index (χ2v) is 15.4. The summed E-state index contributed by atoms with van der Waals surface area (Å²) in [5.41, 5.74) is 7.38. The summed E-state index contributed by atoms with van der Waals surface area (Å²) in [6, 6.07) is 70.2. The SMILES string of the molecule is c1ccc2cc(-c3nc(-c4ccc5c(ccc6ccccc65)c4)nc(-c4ccc(-n5c6ccccc6c6cc7ccccc7cc65)c5c4oc4ccccc45)n3)ccc2c#1. The van der Waals surface area contributed by atoms with Gasteiger partial charge in [-0.25, -0.2) is 15.0 Å². The van der Waals surface area contributed by atoms with Gasteiger partial charge in [0, 0.05) is 32.7 Å². The van der Waals surface area contributed by atoms with Crippen LogP contribution in [0.3, 0.4) is 0 Å². The number of hydrogen-bond acceptors (Lipinski definition) is 4. The maximum atomic E-state index is 6.90. The number of furan rings is 1. The highest BCUT2D eigenvalue weighted by molar-refractivity contribution is 6.18. The molecule has 13 rings (SSSR count). The highest BCUT2D eigenvalue weighted by Gasteiger charge is 2.23. The van der Waals surface area contributed by atoms with E-state index >= 15 is 0 Å². The third kappa shape index (κ3) is 4.92. The number of fused-ring (bicyclic) bond motifs is 11. The Bertz CT molecular complexity index is 3910. The lowest BCUT2D eigenvalue weighted by Crippen LogP contribution is -2.01. The zero-order chi connectivity index (χ0) is 39.3. The van der Waals surface area contributed by atoms with Crippen LogP contribution in [-0.4, -0.2) is 19.5 Å². The first-order valence-corrected chi connectivity index (χ1v) is 20.1. The topological polar surface area (TPSA) is 56.7 Å². The van der Waals surface area contributed by atoms with E-state index in [-0.39, 0.29) is 0 Å². The molecule has 5 heteroatoms. The molecule has 0 aliphatic carbocycles. The lowest BCUT2D eigenvalue weighted by atomic mass is 10.00. The Kier molecular flexibility index (Phi) is 6.86. The fraction of sp³-hybridized carbons (Fsp3) is 0. The third-order valence-corrected chi connectivity index (χ3v) is 12.0. The van der Waals surface area contributed by atoms with Gasteiger partial charge in [0.25, 0.3) is 0 Å². The van der Waals surface area contributed by atoms with Crippen LogP contribution in [0.15, 0.2) is 186 Å². The van der Waals surface area contributed by atoms with Crippen molar-refractivity contribution in [3.8, 4) is 39.9 Å². The first kappa shape index (κ1) is 32.7. The summed E-state index contributed by atoms with van der Waals surface area (Å²) in [5, 5.41) is 13.6. The summed E-state index contributed by atoms with van der Waals surface area (Å²) in [6.07, 6.45) is 0. The van der Waals surface area contributed by atoms with Crippen LogP contribution in [0.4, 0.5) is 0 Å². The Morgan fingerprint density at radius 1 is 0.433 bits per heavy atom. The van der Waals surface area contributed by atoms with E-state index < -0.39 is 0 Å². The van der Waals surface area contributed by atoms with Gasteiger partial charge in [0.05, 0.1) is 27.7 Å². The average Bonchev–Trinajstić information content (AvgIpc) is 3.86. The van der Waals surface area contributed by atoms with Gasteiger partial charge >= 0.3 is 0 Å². The van der Waals surface area contributed by atoms with Gasteiger partial charge in [-0.2, -0.15) is 0 Å². The molecule has 0 unspecified atom stereocenters. The van der Waals surface area contributed by atoms with E-state index in [2.05, 4.69) is 162 Å². The number of para-hydroxylation sites is 2. The lowest BCUT2D eigenvalue weighted by Gasteiger charge is -2.13. The monoisotopic (exact) mass is 762 g/mol. The minimum atomic E-state index is 0.533. The molecule has 3 aromatic heterocycles. The van der Waals surface area contributed by atoms with Gasteiger partial charge < -0.3 is 8.98 Å². The Balaban J connectivity index is 1.08. The second kappa shape index (κ2) is 12.6. The smallest absolute Gasteiger partial charge is 0.167 e. The summed E-state index contributed by atoms with van der Waals surface area (Å²) in [4.78, 5) is 15.7. The zero-order valence-electron chi connectivity index (χ0n) is 32.0. The Hall–Kier alpha value is -8.33. The van der Waals surface area contributed by atoms with E-state index in [9.17, 15) is 0 Å². The fourth-order valence-electron chi connectivity index (χ4n) is 9.20. The molecule has 0 atom stereocenters. The van der Waals surface area contributed by atoms with Crippen LogP contribution in [0.1, 0.15) is 0 Å². The van der Waals surface area contributed by atoms with Crippen molar-refractivity contribution < 1.29 is 4.42 Å². The van der Waals surface area contributed by atoms with Crippen LogP contribution in [0.2, 0.25) is 0 Å². The molecular formula is C55H30N4O. The highest BCUT2D eigenvalue weighted by atomic mass is 16.3. The van der Waals surface area contributed by atoms with Crippen LogP contribution in [-0.2, 0) is 0 Å². The minimum absolute atomic E-state index is 0.533. The molecule has 0 aliphatic heterocycles. The standard InChI is InChI=1S/C55H30N4O/c1-2-13-35-29-39(24-21-33(35)11-1)53-56-54(40-25-26-42-38(30-40)23-22-34-12-5-6-16-41(34)42)58-55(57-53)45-27-28-48(51-44-18-8-10-20-50(44)60-52(45)51)59-47-19-9-7-17-43(47)46-31-36-14-3-4-15-37(36)32-49(46)59/h2-10,12-32H. The molecule has 60 heavy (non-hydrogen) atoms. The molecule has 0 saturated heterocycles. The van der Waals surface area contributed by atoms with Gasteiger partial charge in [0.1, 0.15) is 11.2 Å². The summed E-state index contributed by atoms with van der Waals surface area (Å²) >= 11 is 0. The molecule has 0 aliphatic rings. The maximum Gasteiger partial charge on any atom is 0.167 e. The van der Waals surface area contributed by atoms with Gasteiger partial charge in [0.2, 0.25) is 0 Å². The lowest BCUT2D eigenvalue weighted by molar-refractivity contribution is 0.669. The predicted molar refractivity (Wildman–Crippen MR) is 245 cm³/mol.